The minimum atomic E-state index is -0.269. The molecule has 0 spiro atoms. The van der Waals surface area contributed by atoms with Crippen molar-refractivity contribution in [2.24, 2.45) is 0 Å². The first-order chi connectivity index (χ1) is 18.6. The zero-order valence-electron chi connectivity index (χ0n) is 20.3. The van der Waals surface area contributed by atoms with Crippen LogP contribution in [0.2, 0.25) is 0 Å². The standard InChI is InChI=1S/C28H24N8O2/c29-27-26-22(21-8-6-19(14-25(21)33-27)23-10-11-32-34-23)16-36(35-26)13-12-30-28(37)24-9-7-20(15-31-24)38-17-18-4-2-1-3-5-18/h1-11,14-16H,12-13,17H2,(H2,29,33)(H,30,37)(H,32,34). The van der Waals surface area contributed by atoms with Crippen LogP contribution in [-0.2, 0) is 13.2 Å². The maximum Gasteiger partial charge on any atom is 0.269 e. The Labute approximate surface area is 217 Å². The second kappa shape index (κ2) is 10.0. The highest BCUT2D eigenvalue weighted by molar-refractivity contribution is 6.08. The second-order valence-electron chi connectivity index (χ2n) is 8.76. The van der Waals surface area contributed by atoms with Gasteiger partial charge in [-0.25, -0.2) is 9.97 Å². The van der Waals surface area contributed by atoms with Crippen LogP contribution in [0.15, 0.2) is 85.3 Å². The number of benzene rings is 2. The zero-order valence-corrected chi connectivity index (χ0v) is 20.3. The van der Waals surface area contributed by atoms with Crippen LogP contribution in [0.5, 0.6) is 5.75 Å². The third-order valence-corrected chi connectivity index (χ3v) is 6.19. The van der Waals surface area contributed by atoms with Gasteiger partial charge >= 0.3 is 0 Å². The lowest BCUT2D eigenvalue weighted by atomic mass is 10.1. The lowest BCUT2D eigenvalue weighted by molar-refractivity contribution is 0.0947. The number of hydrogen-bond acceptors (Lipinski definition) is 7. The summed E-state index contributed by atoms with van der Waals surface area (Å²) in [6.07, 6.45) is 5.19. The Kier molecular flexibility index (Phi) is 6.11. The Morgan fingerprint density at radius 2 is 1.95 bits per heavy atom. The molecule has 0 saturated carbocycles. The highest BCUT2D eigenvalue weighted by Crippen LogP contribution is 2.29. The maximum atomic E-state index is 12.6. The summed E-state index contributed by atoms with van der Waals surface area (Å²) in [5, 5.41) is 16.3. The van der Waals surface area contributed by atoms with E-state index in [2.05, 4.69) is 30.6 Å². The van der Waals surface area contributed by atoms with E-state index in [0.717, 1.165) is 33.1 Å². The molecule has 0 fully saturated rings. The minimum Gasteiger partial charge on any atom is -0.487 e. The molecule has 188 valence electrons. The number of nitrogens with one attached hydrogen (secondary N) is 2. The molecule has 0 saturated heterocycles. The Morgan fingerprint density at radius 3 is 2.74 bits per heavy atom. The molecule has 0 aliphatic rings. The quantitative estimate of drug-likeness (QED) is 0.285. The van der Waals surface area contributed by atoms with E-state index >= 15 is 0 Å². The Hall–Kier alpha value is -5.25. The highest BCUT2D eigenvalue weighted by Gasteiger charge is 2.13. The fourth-order valence-corrected chi connectivity index (χ4v) is 4.26. The van der Waals surface area contributed by atoms with Crippen molar-refractivity contribution in [2.45, 2.75) is 13.2 Å². The summed E-state index contributed by atoms with van der Waals surface area (Å²) in [6, 6.07) is 21.1. The van der Waals surface area contributed by atoms with Crippen molar-refractivity contribution in [1.29, 1.82) is 0 Å². The number of ether oxygens (including phenoxy) is 1. The highest BCUT2D eigenvalue weighted by atomic mass is 16.5. The van der Waals surface area contributed by atoms with Crippen LogP contribution in [-0.4, -0.2) is 42.4 Å². The second-order valence-corrected chi connectivity index (χ2v) is 8.76. The molecular weight excluding hydrogens is 480 g/mol. The number of anilines is 1. The summed E-state index contributed by atoms with van der Waals surface area (Å²) >= 11 is 0. The molecule has 0 aliphatic heterocycles. The number of fused-ring (bicyclic) bond motifs is 3. The van der Waals surface area contributed by atoms with Gasteiger partial charge in [-0.1, -0.05) is 42.5 Å². The van der Waals surface area contributed by atoms with E-state index in [1.165, 1.54) is 0 Å². The molecule has 2 aromatic carbocycles. The van der Waals surface area contributed by atoms with E-state index in [-0.39, 0.29) is 5.91 Å². The van der Waals surface area contributed by atoms with Crippen LogP contribution in [0.3, 0.4) is 0 Å². The van der Waals surface area contributed by atoms with Crippen LogP contribution < -0.4 is 15.8 Å². The van der Waals surface area contributed by atoms with Crippen molar-refractivity contribution in [3.63, 3.8) is 0 Å². The van der Waals surface area contributed by atoms with E-state index in [0.29, 0.717) is 42.5 Å². The molecule has 6 rings (SSSR count). The first kappa shape index (κ1) is 23.2. The number of aromatic amines is 1. The monoisotopic (exact) mass is 504 g/mol. The van der Waals surface area contributed by atoms with Gasteiger partial charge in [0, 0.05) is 35.3 Å². The summed E-state index contributed by atoms with van der Waals surface area (Å²) in [5.74, 6) is 0.689. The number of pyridine rings is 2. The average molecular weight is 505 g/mol. The van der Waals surface area contributed by atoms with Gasteiger partial charge in [-0.05, 0) is 29.8 Å². The van der Waals surface area contributed by atoms with E-state index in [9.17, 15) is 4.79 Å². The lowest BCUT2D eigenvalue weighted by Crippen LogP contribution is -2.28. The molecule has 10 nitrogen and oxygen atoms in total. The SMILES string of the molecule is Nc1nc2cc(-c3ccn[nH]3)ccc2c2cn(CCNC(=O)c3ccc(OCc4ccccc4)cn3)nc12. The van der Waals surface area contributed by atoms with Crippen molar-refractivity contribution in [3.8, 4) is 17.0 Å². The van der Waals surface area contributed by atoms with Crippen LogP contribution >= 0.6 is 0 Å². The molecule has 1 amide bonds. The summed E-state index contributed by atoms with van der Waals surface area (Å²) in [4.78, 5) is 21.4. The summed E-state index contributed by atoms with van der Waals surface area (Å²) in [5.41, 5.74) is 10.9. The molecule has 10 heteroatoms. The van der Waals surface area contributed by atoms with Gasteiger partial charge in [0.1, 0.15) is 23.6 Å². The normalized spacial score (nSPS) is 11.2. The van der Waals surface area contributed by atoms with E-state index < -0.39 is 0 Å². The largest absolute Gasteiger partial charge is 0.487 e. The number of aromatic nitrogens is 6. The minimum absolute atomic E-state index is 0.269. The van der Waals surface area contributed by atoms with Gasteiger partial charge in [0.05, 0.1) is 24.0 Å². The van der Waals surface area contributed by atoms with Gasteiger partial charge in [0.2, 0.25) is 0 Å². The van der Waals surface area contributed by atoms with Gasteiger partial charge in [0.25, 0.3) is 5.91 Å². The number of nitrogens with zero attached hydrogens (tertiary/aromatic N) is 5. The van der Waals surface area contributed by atoms with Gasteiger partial charge < -0.3 is 15.8 Å². The first-order valence-corrected chi connectivity index (χ1v) is 12.1. The Balaban J connectivity index is 1.09. The molecule has 0 unspecified atom stereocenters. The number of amides is 1. The molecule has 0 aliphatic carbocycles. The van der Waals surface area contributed by atoms with Crippen molar-refractivity contribution >= 4 is 33.5 Å². The van der Waals surface area contributed by atoms with Crippen LogP contribution in [0.4, 0.5) is 5.82 Å². The number of carbonyl (C=O) groups is 1. The third-order valence-electron chi connectivity index (χ3n) is 6.19. The predicted octanol–water partition coefficient (Wildman–Crippen LogP) is 3.96. The lowest BCUT2D eigenvalue weighted by Gasteiger charge is -2.07. The van der Waals surface area contributed by atoms with Gasteiger partial charge in [-0.2, -0.15) is 10.2 Å². The number of hydrogen-bond donors (Lipinski definition) is 3. The number of H-pyrrole nitrogens is 1. The van der Waals surface area contributed by atoms with E-state index in [1.54, 1.807) is 29.2 Å². The zero-order chi connectivity index (χ0) is 25.9. The predicted molar refractivity (Wildman–Crippen MR) is 144 cm³/mol. The Morgan fingerprint density at radius 1 is 1.05 bits per heavy atom. The Bertz CT molecular complexity index is 1710. The molecule has 4 aromatic heterocycles. The van der Waals surface area contributed by atoms with Gasteiger partial charge in [-0.3, -0.25) is 14.6 Å². The van der Waals surface area contributed by atoms with Gasteiger partial charge in [-0.15, -0.1) is 0 Å². The molecule has 4 N–H and O–H groups in total. The fraction of sp³-hybridized carbons (Fsp3) is 0.107. The van der Waals surface area contributed by atoms with Crippen molar-refractivity contribution in [1.82, 2.24) is 35.3 Å². The van der Waals surface area contributed by atoms with Crippen molar-refractivity contribution < 1.29 is 9.53 Å². The van der Waals surface area contributed by atoms with Crippen LogP contribution in [0.1, 0.15) is 16.1 Å². The molecule has 38 heavy (non-hydrogen) atoms. The van der Waals surface area contributed by atoms with Crippen molar-refractivity contribution in [3.05, 3.63) is 96.6 Å². The molecule has 4 heterocycles. The number of rotatable bonds is 8. The van der Waals surface area contributed by atoms with Gasteiger partial charge in [0.15, 0.2) is 5.82 Å². The molecular formula is C28H24N8O2. The fourth-order valence-electron chi connectivity index (χ4n) is 4.26. The molecule has 6 aromatic rings. The summed E-state index contributed by atoms with van der Waals surface area (Å²) in [7, 11) is 0. The number of carbonyl (C=O) groups excluding carboxylic acids is 1. The third kappa shape index (κ3) is 4.74. The van der Waals surface area contributed by atoms with Crippen LogP contribution in [0, 0.1) is 0 Å². The van der Waals surface area contributed by atoms with E-state index in [1.807, 2.05) is 60.8 Å². The van der Waals surface area contributed by atoms with E-state index in [4.69, 9.17) is 10.5 Å². The number of nitrogen functional groups attached to an aromatic ring is 1. The molecule has 0 atom stereocenters. The van der Waals surface area contributed by atoms with Crippen molar-refractivity contribution in [2.75, 3.05) is 12.3 Å². The average Bonchev–Trinajstić information content (AvgIpc) is 3.64. The first-order valence-electron chi connectivity index (χ1n) is 12.1. The smallest absolute Gasteiger partial charge is 0.269 e. The number of nitrogens with two attached hydrogens (primary N) is 1. The summed E-state index contributed by atoms with van der Waals surface area (Å²) in [6.45, 7) is 1.27. The maximum absolute atomic E-state index is 12.6. The molecule has 0 bridgehead atoms. The van der Waals surface area contributed by atoms with Crippen LogP contribution in [0.25, 0.3) is 33.1 Å². The molecule has 0 radical (unpaired) electrons. The summed E-state index contributed by atoms with van der Waals surface area (Å²) < 4.78 is 7.50. The topological polar surface area (TPSA) is 137 Å².